The number of nitrogen functional groups attached to an aromatic ring is 1. The van der Waals surface area contributed by atoms with Gasteiger partial charge in [0.2, 0.25) is 5.71 Å². The lowest BCUT2D eigenvalue weighted by molar-refractivity contribution is 0.625. The van der Waals surface area contributed by atoms with Crippen molar-refractivity contribution in [1.29, 1.82) is 0 Å². The Balaban J connectivity index is 2.01. The van der Waals surface area contributed by atoms with Crippen LogP contribution in [-0.2, 0) is 0 Å². The lowest BCUT2D eigenvalue weighted by Gasteiger charge is -2.11. The molecule has 4 nitrogen and oxygen atoms in total. The number of anilines is 2. The topological polar surface area (TPSA) is 55.3 Å². The number of furan rings is 1. The van der Waals surface area contributed by atoms with E-state index in [0.717, 1.165) is 22.9 Å². The zero-order valence-corrected chi connectivity index (χ0v) is 8.51. The molecule has 5 heteroatoms. The molecule has 0 atom stereocenters. The molecular weight excluding hydrogens is 198 g/mol. The molecule has 1 aliphatic rings. The van der Waals surface area contributed by atoms with E-state index in [1.165, 1.54) is 12.8 Å². The van der Waals surface area contributed by atoms with Gasteiger partial charge in [0.25, 0.3) is 0 Å². The molecule has 14 heavy (non-hydrogen) atoms. The second-order valence-electron chi connectivity index (χ2n) is 3.51. The molecule has 0 saturated carbocycles. The van der Waals surface area contributed by atoms with Crippen molar-refractivity contribution >= 4 is 32.8 Å². The van der Waals surface area contributed by atoms with Crippen molar-refractivity contribution in [3.8, 4) is 0 Å². The highest BCUT2D eigenvalue weighted by Gasteiger charge is 2.17. The minimum absolute atomic E-state index is 0.451. The van der Waals surface area contributed by atoms with Gasteiger partial charge in [-0.2, -0.15) is 4.98 Å². The summed E-state index contributed by atoms with van der Waals surface area (Å²) in [7, 11) is 0. The van der Waals surface area contributed by atoms with E-state index in [1.807, 2.05) is 6.07 Å². The van der Waals surface area contributed by atoms with E-state index in [4.69, 9.17) is 10.2 Å². The summed E-state index contributed by atoms with van der Waals surface area (Å²) < 4.78 is 6.30. The second kappa shape index (κ2) is 2.88. The molecule has 0 aliphatic carbocycles. The van der Waals surface area contributed by atoms with Crippen molar-refractivity contribution in [2.24, 2.45) is 0 Å². The van der Waals surface area contributed by atoms with Crippen LogP contribution in [-0.4, -0.2) is 18.1 Å². The zero-order chi connectivity index (χ0) is 9.54. The maximum absolute atomic E-state index is 5.52. The maximum Gasteiger partial charge on any atom is 0.241 e. The number of hydrogen-bond donors (Lipinski definition) is 1. The molecule has 0 unspecified atom stereocenters. The Morgan fingerprint density at radius 1 is 1.43 bits per heavy atom. The standard InChI is InChI=1S/C9H11N3OS/c10-7-5-6-8(13-7)11-9(14-6)12-3-1-2-4-12/h5H,1-4,10H2. The smallest absolute Gasteiger partial charge is 0.241 e. The van der Waals surface area contributed by atoms with E-state index in [9.17, 15) is 0 Å². The molecule has 2 aromatic rings. The predicted octanol–water partition coefficient (Wildman–Crippen LogP) is 2.07. The lowest BCUT2D eigenvalue weighted by atomic mass is 10.4. The van der Waals surface area contributed by atoms with Gasteiger partial charge in [-0.15, -0.1) is 0 Å². The van der Waals surface area contributed by atoms with E-state index in [1.54, 1.807) is 11.3 Å². The highest BCUT2D eigenvalue weighted by atomic mass is 32.1. The highest BCUT2D eigenvalue weighted by Crippen LogP contribution is 2.33. The Hall–Kier alpha value is -1.23. The van der Waals surface area contributed by atoms with Crippen LogP contribution in [0.1, 0.15) is 12.8 Å². The highest BCUT2D eigenvalue weighted by molar-refractivity contribution is 7.22. The van der Waals surface area contributed by atoms with Crippen molar-refractivity contribution in [1.82, 2.24) is 4.98 Å². The molecule has 1 aliphatic heterocycles. The number of thiazole rings is 1. The molecule has 74 valence electrons. The molecule has 0 radical (unpaired) electrons. The van der Waals surface area contributed by atoms with Gasteiger partial charge in [-0.05, 0) is 12.8 Å². The van der Waals surface area contributed by atoms with Gasteiger partial charge in [0.15, 0.2) is 11.0 Å². The minimum Gasteiger partial charge on any atom is -0.422 e. The summed E-state index contributed by atoms with van der Waals surface area (Å²) in [5.74, 6) is 0.451. The third-order valence-corrected chi connectivity index (χ3v) is 3.52. The normalized spacial score (nSPS) is 17.0. The van der Waals surface area contributed by atoms with E-state index >= 15 is 0 Å². The fraction of sp³-hybridized carbons (Fsp3) is 0.444. The van der Waals surface area contributed by atoms with Crippen LogP contribution in [0.25, 0.3) is 10.4 Å². The summed E-state index contributed by atoms with van der Waals surface area (Å²) in [4.78, 5) is 6.72. The number of nitrogens with zero attached hydrogens (tertiary/aromatic N) is 2. The second-order valence-corrected chi connectivity index (χ2v) is 4.52. The number of rotatable bonds is 1. The minimum atomic E-state index is 0.451. The molecule has 0 aromatic carbocycles. The molecule has 1 saturated heterocycles. The summed E-state index contributed by atoms with van der Waals surface area (Å²) >= 11 is 1.66. The van der Waals surface area contributed by atoms with Crippen LogP contribution >= 0.6 is 11.3 Å². The first-order valence-electron chi connectivity index (χ1n) is 4.74. The fourth-order valence-electron chi connectivity index (χ4n) is 1.79. The van der Waals surface area contributed by atoms with Crippen molar-refractivity contribution < 1.29 is 4.42 Å². The van der Waals surface area contributed by atoms with Crippen LogP contribution in [0.15, 0.2) is 10.5 Å². The van der Waals surface area contributed by atoms with Crippen LogP contribution in [0.2, 0.25) is 0 Å². The first-order chi connectivity index (χ1) is 6.83. The third kappa shape index (κ3) is 1.16. The third-order valence-electron chi connectivity index (χ3n) is 2.47. The molecule has 2 N–H and O–H groups in total. The van der Waals surface area contributed by atoms with E-state index in [0.29, 0.717) is 11.6 Å². The van der Waals surface area contributed by atoms with E-state index in [2.05, 4.69) is 9.88 Å². The molecule has 2 aromatic heterocycles. The average Bonchev–Trinajstić information content (AvgIpc) is 2.74. The SMILES string of the molecule is Nc1cc2sc(N3CCCC3)nc2o1. The first-order valence-corrected chi connectivity index (χ1v) is 5.55. The van der Waals surface area contributed by atoms with Gasteiger partial charge in [-0.3, -0.25) is 0 Å². The van der Waals surface area contributed by atoms with Crippen molar-refractivity contribution in [3.05, 3.63) is 6.07 Å². The van der Waals surface area contributed by atoms with Crippen LogP contribution in [0.5, 0.6) is 0 Å². The van der Waals surface area contributed by atoms with E-state index in [-0.39, 0.29) is 0 Å². The Bertz CT molecular complexity index is 424. The predicted molar refractivity (Wildman–Crippen MR) is 57.7 cm³/mol. The van der Waals surface area contributed by atoms with Gasteiger partial charge in [0.05, 0.1) is 4.70 Å². The van der Waals surface area contributed by atoms with Crippen LogP contribution in [0, 0.1) is 0 Å². The Morgan fingerprint density at radius 2 is 2.21 bits per heavy atom. The van der Waals surface area contributed by atoms with Crippen LogP contribution in [0.4, 0.5) is 11.0 Å². The number of nitrogens with two attached hydrogens (primary N) is 1. The van der Waals surface area contributed by atoms with Crippen LogP contribution in [0.3, 0.4) is 0 Å². The summed E-state index contributed by atoms with van der Waals surface area (Å²) in [6.07, 6.45) is 2.53. The van der Waals surface area contributed by atoms with Crippen LogP contribution < -0.4 is 10.6 Å². The van der Waals surface area contributed by atoms with Gasteiger partial charge in [0.1, 0.15) is 0 Å². The lowest BCUT2D eigenvalue weighted by Crippen LogP contribution is -2.16. The van der Waals surface area contributed by atoms with Gasteiger partial charge < -0.3 is 15.1 Å². The maximum atomic E-state index is 5.52. The molecule has 0 spiro atoms. The molecule has 0 bridgehead atoms. The summed E-state index contributed by atoms with van der Waals surface area (Å²) in [5.41, 5.74) is 6.20. The molecule has 0 amide bonds. The number of hydrogen-bond acceptors (Lipinski definition) is 5. The van der Waals surface area contributed by atoms with Crippen molar-refractivity contribution in [2.75, 3.05) is 23.7 Å². The largest absolute Gasteiger partial charge is 0.422 e. The summed E-state index contributed by atoms with van der Waals surface area (Å²) in [6.45, 7) is 2.23. The van der Waals surface area contributed by atoms with Crippen molar-refractivity contribution in [3.63, 3.8) is 0 Å². The Labute approximate surface area is 85.3 Å². The molecule has 1 fully saturated rings. The molecular formula is C9H11N3OS. The average molecular weight is 209 g/mol. The van der Waals surface area contributed by atoms with Crippen molar-refractivity contribution in [2.45, 2.75) is 12.8 Å². The van der Waals surface area contributed by atoms with Gasteiger partial charge in [-0.1, -0.05) is 11.3 Å². The molecule has 3 rings (SSSR count). The zero-order valence-electron chi connectivity index (χ0n) is 7.69. The van der Waals surface area contributed by atoms with Gasteiger partial charge in [0, 0.05) is 19.2 Å². The first kappa shape index (κ1) is 8.11. The summed E-state index contributed by atoms with van der Waals surface area (Å²) in [5, 5.41) is 1.07. The summed E-state index contributed by atoms with van der Waals surface area (Å²) in [6, 6.07) is 1.84. The fourth-order valence-corrected chi connectivity index (χ4v) is 2.77. The Morgan fingerprint density at radius 3 is 2.93 bits per heavy atom. The van der Waals surface area contributed by atoms with E-state index < -0.39 is 0 Å². The molecule has 3 heterocycles. The monoisotopic (exact) mass is 209 g/mol. The van der Waals surface area contributed by atoms with Gasteiger partial charge >= 0.3 is 0 Å². The quantitative estimate of drug-likeness (QED) is 0.781. The van der Waals surface area contributed by atoms with Gasteiger partial charge in [-0.25, -0.2) is 0 Å². The number of aromatic nitrogens is 1. The Kier molecular flexibility index (Phi) is 1.67. The number of fused-ring (bicyclic) bond motifs is 1.